The molecule has 3 nitrogen and oxygen atoms in total. The number of thioether (sulfide) groups is 1. The molecule has 33 heavy (non-hydrogen) atoms. The highest BCUT2D eigenvalue weighted by atomic mass is 32.2. The van der Waals surface area contributed by atoms with Gasteiger partial charge in [0, 0.05) is 13.1 Å². The summed E-state index contributed by atoms with van der Waals surface area (Å²) in [6, 6.07) is 14.7. The van der Waals surface area contributed by atoms with Crippen molar-refractivity contribution in [2.45, 2.75) is 64.2 Å². The van der Waals surface area contributed by atoms with E-state index in [1.165, 1.54) is 80.3 Å². The molecule has 1 heterocycles. The summed E-state index contributed by atoms with van der Waals surface area (Å²) in [4.78, 5) is 15.0. The van der Waals surface area contributed by atoms with E-state index in [-0.39, 0.29) is 5.91 Å². The molecule has 1 amide bonds. The summed E-state index contributed by atoms with van der Waals surface area (Å²) in [5.41, 5.74) is 1.16. The van der Waals surface area contributed by atoms with Crippen LogP contribution in [0.25, 0.3) is 10.8 Å². The fraction of sp³-hybridized carbons (Fsp3) is 0.621. The molecule has 0 aromatic heterocycles. The fourth-order valence-electron chi connectivity index (χ4n) is 5.47. The standard InChI is InChI=1S/C29H42N2OS/c32-29(21-27-13-8-12-26-11-4-5-14-28(26)27)31-18-15-25(16-19-31)23-33-20-7-6-17-30-22-24-9-2-1-3-10-24/h4-5,8,11-14,24-25,30H,1-3,6-7,9-10,15-23H2. The first-order valence-corrected chi connectivity index (χ1v) is 14.5. The molecule has 1 saturated heterocycles. The van der Waals surface area contributed by atoms with Crippen LogP contribution in [0.4, 0.5) is 0 Å². The number of unbranched alkanes of at least 4 members (excludes halogenated alkanes) is 1. The zero-order chi connectivity index (χ0) is 22.7. The number of hydrogen-bond acceptors (Lipinski definition) is 3. The Kier molecular flexibility index (Phi) is 9.98. The molecule has 0 bridgehead atoms. The van der Waals surface area contributed by atoms with Gasteiger partial charge in [-0.05, 0) is 91.3 Å². The second-order valence-corrected chi connectivity index (χ2v) is 11.3. The normalized spacial score (nSPS) is 18.1. The van der Waals surface area contributed by atoms with Crippen LogP contribution in [-0.2, 0) is 11.2 Å². The van der Waals surface area contributed by atoms with E-state index in [2.05, 4.69) is 64.4 Å². The van der Waals surface area contributed by atoms with Gasteiger partial charge in [0.1, 0.15) is 0 Å². The molecule has 0 spiro atoms. The molecule has 1 aliphatic heterocycles. The van der Waals surface area contributed by atoms with E-state index in [0.29, 0.717) is 6.42 Å². The van der Waals surface area contributed by atoms with Crippen molar-refractivity contribution in [2.24, 2.45) is 11.8 Å². The monoisotopic (exact) mass is 466 g/mol. The van der Waals surface area contributed by atoms with Crippen LogP contribution in [0.15, 0.2) is 42.5 Å². The number of fused-ring (bicyclic) bond motifs is 1. The third-order valence-corrected chi connectivity index (χ3v) is 8.88. The lowest BCUT2D eigenvalue weighted by Crippen LogP contribution is -2.39. The Morgan fingerprint density at radius 2 is 1.70 bits per heavy atom. The second-order valence-electron chi connectivity index (χ2n) is 10.1. The van der Waals surface area contributed by atoms with E-state index in [0.717, 1.165) is 43.3 Å². The van der Waals surface area contributed by atoms with E-state index >= 15 is 0 Å². The van der Waals surface area contributed by atoms with Crippen LogP contribution in [-0.4, -0.2) is 48.5 Å². The molecular weight excluding hydrogens is 424 g/mol. The molecule has 4 heteroatoms. The van der Waals surface area contributed by atoms with E-state index in [4.69, 9.17) is 0 Å². The minimum absolute atomic E-state index is 0.290. The Morgan fingerprint density at radius 3 is 2.55 bits per heavy atom. The molecule has 1 aliphatic carbocycles. The topological polar surface area (TPSA) is 32.3 Å². The first kappa shape index (κ1) is 24.6. The first-order chi connectivity index (χ1) is 16.3. The van der Waals surface area contributed by atoms with Gasteiger partial charge in [0.25, 0.3) is 0 Å². The van der Waals surface area contributed by atoms with Crippen molar-refractivity contribution in [3.05, 3.63) is 48.0 Å². The summed E-state index contributed by atoms with van der Waals surface area (Å²) in [6.07, 6.45) is 12.7. The number of nitrogens with zero attached hydrogens (tertiary/aromatic N) is 1. The molecule has 2 aromatic rings. The third kappa shape index (κ3) is 7.75. The number of carbonyl (C=O) groups excluding carboxylic acids is 1. The van der Waals surface area contributed by atoms with Gasteiger partial charge in [-0.15, -0.1) is 0 Å². The summed E-state index contributed by atoms with van der Waals surface area (Å²) >= 11 is 2.13. The van der Waals surface area contributed by atoms with Gasteiger partial charge in [0.15, 0.2) is 0 Å². The summed E-state index contributed by atoms with van der Waals surface area (Å²) in [5.74, 6) is 4.56. The predicted molar refractivity (Wildman–Crippen MR) is 143 cm³/mol. The van der Waals surface area contributed by atoms with Gasteiger partial charge in [0.2, 0.25) is 5.91 Å². The zero-order valence-corrected chi connectivity index (χ0v) is 21.1. The average Bonchev–Trinajstić information content (AvgIpc) is 2.87. The number of hydrogen-bond donors (Lipinski definition) is 1. The summed E-state index contributed by atoms with van der Waals surface area (Å²) in [7, 11) is 0. The highest BCUT2D eigenvalue weighted by Gasteiger charge is 2.23. The summed E-state index contributed by atoms with van der Waals surface area (Å²) in [5, 5.41) is 6.12. The molecule has 4 rings (SSSR count). The molecule has 180 valence electrons. The lowest BCUT2D eigenvalue weighted by molar-refractivity contribution is -0.131. The lowest BCUT2D eigenvalue weighted by Gasteiger charge is -2.32. The number of amides is 1. The van der Waals surface area contributed by atoms with E-state index in [1.807, 2.05) is 0 Å². The summed E-state index contributed by atoms with van der Waals surface area (Å²) in [6.45, 7) is 4.29. The van der Waals surface area contributed by atoms with Crippen LogP contribution in [0.2, 0.25) is 0 Å². The van der Waals surface area contributed by atoms with Crippen LogP contribution in [0.1, 0.15) is 63.4 Å². The van der Waals surface area contributed by atoms with Crippen molar-refractivity contribution < 1.29 is 4.79 Å². The molecule has 2 aliphatic rings. The van der Waals surface area contributed by atoms with Crippen molar-refractivity contribution in [3.8, 4) is 0 Å². The number of nitrogens with one attached hydrogen (secondary N) is 1. The van der Waals surface area contributed by atoms with Gasteiger partial charge >= 0.3 is 0 Å². The molecule has 2 fully saturated rings. The van der Waals surface area contributed by atoms with Gasteiger partial charge in [0.05, 0.1) is 6.42 Å². The SMILES string of the molecule is O=C(Cc1cccc2ccccc12)N1CCC(CSCCCCNCC2CCCCC2)CC1. The maximum Gasteiger partial charge on any atom is 0.227 e. The molecule has 1 saturated carbocycles. The van der Waals surface area contributed by atoms with Crippen LogP contribution < -0.4 is 5.32 Å². The minimum Gasteiger partial charge on any atom is -0.342 e. The predicted octanol–water partition coefficient (Wildman–Crippen LogP) is 6.30. The van der Waals surface area contributed by atoms with E-state index in [1.54, 1.807) is 0 Å². The molecular formula is C29H42N2OS. The molecule has 0 atom stereocenters. The molecule has 0 unspecified atom stereocenters. The Bertz CT molecular complexity index is 850. The van der Waals surface area contributed by atoms with Gasteiger partial charge < -0.3 is 10.2 Å². The first-order valence-electron chi connectivity index (χ1n) is 13.3. The van der Waals surface area contributed by atoms with Crippen molar-refractivity contribution in [1.82, 2.24) is 10.2 Å². The maximum absolute atomic E-state index is 12.9. The summed E-state index contributed by atoms with van der Waals surface area (Å²) < 4.78 is 0. The molecule has 1 N–H and O–H groups in total. The highest BCUT2D eigenvalue weighted by molar-refractivity contribution is 7.99. The van der Waals surface area contributed by atoms with Gasteiger partial charge in [-0.2, -0.15) is 11.8 Å². The number of likely N-dealkylation sites (tertiary alicyclic amines) is 1. The zero-order valence-electron chi connectivity index (χ0n) is 20.3. The van der Waals surface area contributed by atoms with Crippen LogP contribution in [0.5, 0.6) is 0 Å². The highest BCUT2D eigenvalue weighted by Crippen LogP contribution is 2.25. The average molecular weight is 467 g/mol. The van der Waals surface area contributed by atoms with Crippen molar-refractivity contribution in [1.29, 1.82) is 0 Å². The maximum atomic E-state index is 12.9. The van der Waals surface area contributed by atoms with Gasteiger partial charge in [-0.3, -0.25) is 4.79 Å². The number of rotatable bonds is 11. The van der Waals surface area contributed by atoms with Crippen molar-refractivity contribution >= 4 is 28.4 Å². The third-order valence-electron chi connectivity index (χ3n) is 7.59. The minimum atomic E-state index is 0.290. The Balaban J connectivity index is 1.06. The van der Waals surface area contributed by atoms with Gasteiger partial charge in [-0.25, -0.2) is 0 Å². The lowest BCUT2D eigenvalue weighted by atomic mass is 9.89. The number of benzene rings is 2. The number of carbonyl (C=O) groups is 1. The van der Waals surface area contributed by atoms with Crippen LogP contribution >= 0.6 is 11.8 Å². The van der Waals surface area contributed by atoms with E-state index < -0.39 is 0 Å². The Hall–Kier alpha value is -1.52. The van der Waals surface area contributed by atoms with E-state index in [9.17, 15) is 4.79 Å². The largest absolute Gasteiger partial charge is 0.342 e. The fourth-order valence-corrected chi connectivity index (χ4v) is 6.71. The van der Waals surface area contributed by atoms with Crippen molar-refractivity contribution in [2.75, 3.05) is 37.7 Å². The quantitative estimate of drug-likeness (QED) is 0.394. The Morgan fingerprint density at radius 1 is 0.909 bits per heavy atom. The van der Waals surface area contributed by atoms with Crippen LogP contribution in [0, 0.1) is 11.8 Å². The van der Waals surface area contributed by atoms with Crippen LogP contribution in [0.3, 0.4) is 0 Å². The molecule has 0 radical (unpaired) electrons. The van der Waals surface area contributed by atoms with Gasteiger partial charge in [-0.1, -0.05) is 61.7 Å². The molecule has 2 aromatic carbocycles. The van der Waals surface area contributed by atoms with Crippen molar-refractivity contribution in [3.63, 3.8) is 0 Å². The smallest absolute Gasteiger partial charge is 0.227 e. The Labute approximate surface area is 205 Å². The number of piperidine rings is 1. The second kappa shape index (κ2) is 13.4.